The molecule has 4 nitrogen and oxygen atoms in total. The third-order valence-corrected chi connectivity index (χ3v) is 5.26. The highest BCUT2D eigenvalue weighted by atomic mass is 35.5. The Morgan fingerprint density at radius 3 is 2.41 bits per heavy atom. The summed E-state index contributed by atoms with van der Waals surface area (Å²) in [5.74, 6) is -0.300. The van der Waals surface area contributed by atoms with Gasteiger partial charge in [-0.15, -0.1) is 0 Å². The van der Waals surface area contributed by atoms with Crippen LogP contribution in [0.2, 0.25) is 10.2 Å². The van der Waals surface area contributed by atoms with E-state index >= 15 is 0 Å². The minimum atomic E-state index is -0.300. The van der Waals surface area contributed by atoms with E-state index in [1.807, 2.05) is 42.5 Å². The first-order valence-corrected chi connectivity index (χ1v) is 10.6. The molecule has 1 heterocycles. The number of aromatic nitrogens is 2. The van der Waals surface area contributed by atoms with Gasteiger partial charge in [-0.1, -0.05) is 79.7 Å². The SMILES string of the molecule is CCCCCCOC(=O)Cc1c(-c2ccc(Cl)cc2)nn(-c2ccccc2)c1Cl. The fourth-order valence-electron chi connectivity index (χ4n) is 3.08. The first kappa shape index (κ1) is 21.4. The average Bonchev–Trinajstić information content (AvgIpc) is 3.05. The topological polar surface area (TPSA) is 44.1 Å². The van der Waals surface area contributed by atoms with Crippen molar-refractivity contribution in [1.29, 1.82) is 0 Å². The molecule has 0 unspecified atom stereocenters. The molecule has 0 N–H and O–H groups in total. The molecule has 0 saturated carbocycles. The van der Waals surface area contributed by atoms with E-state index in [4.69, 9.17) is 27.9 Å². The lowest BCUT2D eigenvalue weighted by atomic mass is 10.1. The molecule has 0 radical (unpaired) electrons. The number of hydrogen-bond acceptors (Lipinski definition) is 3. The number of unbranched alkanes of at least 4 members (excludes halogenated alkanes) is 3. The van der Waals surface area contributed by atoms with E-state index in [1.165, 1.54) is 0 Å². The van der Waals surface area contributed by atoms with Gasteiger partial charge in [0.1, 0.15) is 5.15 Å². The normalized spacial score (nSPS) is 10.9. The molecule has 3 aromatic rings. The molecule has 0 amide bonds. The molecule has 1 aromatic heterocycles. The van der Waals surface area contributed by atoms with E-state index in [-0.39, 0.29) is 12.4 Å². The second kappa shape index (κ2) is 10.5. The number of ether oxygens (including phenoxy) is 1. The van der Waals surface area contributed by atoms with Crippen molar-refractivity contribution in [2.45, 2.75) is 39.0 Å². The third-order valence-electron chi connectivity index (χ3n) is 4.62. The van der Waals surface area contributed by atoms with Crippen LogP contribution >= 0.6 is 23.2 Å². The molecular formula is C23H24Cl2N2O2. The molecule has 0 saturated heterocycles. The van der Waals surface area contributed by atoms with Crippen LogP contribution < -0.4 is 0 Å². The van der Waals surface area contributed by atoms with Crippen LogP contribution in [0.4, 0.5) is 0 Å². The van der Waals surface area contributed by atoms with E-state index in [1.54, 1.807) is 16.8 Å². The van der Waals surface area contributed by atoms with Crippen molar-refractivity contribution in [3.63, 3.8) is 0 Å². The predicted octanol–water partition coefficient (Wildman–Crippen LogP) is 6.51. The van der Waals surface area contributed by atoms with Gasteiger partial charge in [0.25, 0.3) is 0 Å². The molecule has 0 aliphatic rings. The summed E-state index contributed by atoms with van der Waals surface area (Å²) in [6.07, 6.45) is 4.30. The minimum absolute atomic E-state index is 0.0669. The van der Waals surface area contributed by atoms with Gasteiger partial charge in [-0.05, 0) is 30.7 Å². The lowest BCUT2D eigenvalue weighted by molar-refractivity contribution is -0.142. The Balaban J connectivity index is 1.86. The van der Waals surface area contributed by atoms with Crippen molar-refractivity contribution in [3.05, 3.63) is 70.3 Å². The van der Waals surface area contributed by atoms with Gasteiger partial charge in [0.2, 0.25) is 0 Å². The zero-order valence-electron chi connectivity index (χ0n) is 16.4. The first-order chi connectivity index (χ1) is 14.1. The maximum absolute atomic E-state index is 12.4. The van der Waals surface area contributed by atoms with Gasteiger partial charge >= 0.3 is 5.97 Å². The van der Waals surface area contributed by atoms with Crippen LogP contribution in [0.25, 0.3) is 16.9 Å². The molecular weight excluding hydrogens is 407 g/mol. The minimum Gasteiger partial charge on any atom is -0.465 e. The Labute approximate surface area is 181 Å². The van der Waals surface area contributed by atoms with Gasteiger partial charge in [-0.25, -0.2) is 4.68 Å². The molecule has 6 heteroatoms. The van der Waals surface area contributed by atoms with Gasteiger partial charge in [-0.3, -0.25) is 4.79 Å². The number of hydrogen-bond donors (Lipinski definition) is 0. The molecule has 0 fully saturated rings. The van der Waals surface area contributed by atoms with Gasteiger partial charge in [-0.2, -0.15) is 5.10 Å². The van der Waals surface area contributed by atoms with Gasteiger partial charge in [0, 0.05) is 16.1 Å². The summed E-state index contributed by atoms with van der Waals surface area (Å²) in [5, 5.41) is 5.73. The number of carbonyl (C=O) groups is 1. The predicted molar refractivity (Wildman–Crippen MR) is 118 cm³/mol. The number of esters is 1. The van der Waals surface area contributed by atoms with Crippen molar-refractivity contribution in [2.75, 3.05) is 6.61 Å². The second-order valence-corrected chi connectivity index (χ2v) is 7.62. The van der Waals surface area contributed by atoms with E-state index in [2.05, 4.69) is 12.0 Å². The Kier molecular flexibility index (Phi) is 7.73. The van der Waals surface area contributed by atoms with Crippen LogP contribution in [-0.2, 0) is 16.0 Å². The summed E-state index contributed by atoms with van der Waals surface area (Å²) in [4.78, 5) is 12.4. The lowest BCUT2D eigenvalue weighted by Gasteiger charge is -2.06. The number of halogens is 2. The van der Waals surface area contributed by atoms with Crippen molar-refractivity contribution in [3.8, 4) is 16.9 Å². The van der Waals surface area contributed by atoms with Crippen molar-refractivity contribution in [2.24, 2.45) is 0 Å². The highest BCUT2D eigenvalue weighted by Gasteiger charge is 2.21. The number of rotatable bonds is 9. The number of nitrogens with zero attached hydrogens (tertiary/aromatic N) is 2. The van der Waals surface area contributed by atoms with Crippen molar-refractivity contribution < 1.29 is 9.53 Å². The second-order valence-electron chi connectivity index (χ2n) is 6.83. The van der Waals surface area contributed by atoms with E-state index < -0.39 is 0 Å². The molecule has 0 atom stereocenters. The third kappa shape index (κ3) is 5.62. The Morgan fingerprint density at radius 1 is 1.00 bits per heavy atom. The van der Waals surface area contributed by atoms with Crippen LogP contribution in [0.3, 0.4) is 0 Å². The van der Waals surface area contributed by atoms with Gasteiger partial charge in [0.15, 0.2) is 0 Å². The summed E-state index contributed by atoms with van der Waals surface area (Å²) in [7, 11) is 0. The summed E-state index contributed by atoms with van der Waals surface area (Å²) in [6, 6.07) is 16.9. The molecule has 29 heavy (non-hydrogen) atoms. The zero-order chi connectivity index (χ0) is 20.6. The van der Waals surface area contributed by atoms with Crippen LogP contribution in [-0.4, -0.2) is 22.4 Å². The lowest BCUT2D eigenvalue weighted by Crippen LogP contribution is -2.10. The van der Waals surface area contributed by atoms with Gasteiger partial charge < -0.3 is 4.74 Å². The average molecular weight is 431 g/mol. The van der Waals surface area contributed by atoms with Crippen LogP contribution in [0.5, 0.6) is 0 Å². The van der Waals surface area contributed by atoms with Crippen molar-refractivity contribution in [1.82, 2.24) is 9.78 Å². The summed E-state index contributed by atoms with van der Waals surface area (Å²) >= 11 is 12.7. The maximum Gasteiger partial charge on any atom is 0.310 e. The molecule has 0 aliphatic heterocycles. The number of para-hydroxylation sites is 1. The highest BCUT2D eigenvalue weighted by Crippen LogP contribution is 2.32. The fourth-order valence-corrected chi connectivity index (χ4v) is 3.49. The standard InChI is InChI=1S/C23H24Cl2N2O2/c1-2-3-4-8-15-29-21(28)16-20-22(17-11-13-18(24)14-12-17)26-27(23(20)25)19-9-6-5-7-10-19/h5-7,9-14H,2-4,8,15-16H2,1H3. The smallest absolute Gasteiger partial charge is 0.310 e. The first-order valence-electron chi connectivity index (χ1n) is 9.84. The maximum atomic E-state index is 12.4. The molecule has 3 rings (SSSR count). The monoisotopic (exact) mass is 430 g/mol. The van der Waals surface area contributed by atoms with E-state index in [0.717, 1.165) is 36.9 Å². The summed E-state index contributed by atoms with van der Waals surface area (Å²) in [6.45, 7) is 2.58. The Bertz CT molecular complexity index is 938. The molecule has 2 aromatic carbocycles. The van der Waals surface area contributed by atoms with Crippen LogP contribution in [0.1, 0.15) is 38.2 Å². The van der Waals surface area contributed by atoms with E-state index in [9.17, 15) is 4.79 Å². The number of benzene rings is 2. The highest BCUT2D eigenvalue weighted by molar-refractivity contribution is 6.31. The Morgan fingerprint density at radius 2 is 1.72 bits per heavy atom. The van der Waals surface area contributed by atoms with E-state index in [0.29, 0.717) is 28.0 Å². The molecule has 0 bridgehead atoms. The van der Waals surface area contributed by atoms with Crippen molar-refractivity contribution >= 4 is 29.2 Å². The zero-order valence-corrected chi connectivity index (χ0v) is 17.9. The molecule has 0 aliphatic carbocycles. The molecule has 152 valence electrons. The summed E-state index contributed by atoms with van der Waals surface area (Å²) < 4.78 is 7.06. The quantitative estimate of drug-likeness (QED) is 0.287. The summed E-state index contributed by atoms with van der Waals surface area (Å²) in [5.41, 5.74) is 2.97. The van der Waals surface area contributed by atoms with Crippen LogP contribution in [0.15, 0.2) is 54.6 Å². The fraction of sp³-hybridized carbons (Fsp3) is 0.304. The number of carbonyl (C=O) groups excluding carboxylic acids is 1. The molecule has 0 spiro atoms. The largest absolute Gasteiger partial charge is 0.465 e. The van der Waals surface area contributed by atoms with Gasteiger partial charge in [0.05, 0.1) is 24.4 Å². The Hall–Kier alpha value is -2.30. The van der Waals surface area contributed by atoms with Crippen LogP contribution in [0, 0.1) is 0 Å².